The highest BCUT2D eigenvalue weighted by Crippen LogP contribution is 2.16. The Balaban J connectivity index is 1.85. The lowest BCUT2D eigenvalue weighted by Crippen LogP contribution is -2.48. The van der Waals surface area contributed by atoms with E-state index in [0.717, 1.165) is 16.9 Å². The number of nitriles is 1. The van der Waals surface area contributed by atoms with Gasteiger partial charge in [-0.3, -0.25) is 4.79 Å². The first-order valence-electron chi connectivity index (χ1n) is 7.08. The highest BCUT2D eigenvalue weighted by Gasteiger charge is 2.26. The fourth-order valence-corrected chi connectivity index (χ4v) is 2.43. The molecule has 1 aromatic rings. The van der Waals surface area contributed by atoms with Gasteiger partial charge in [0.1, 0.15) is 11.8 Å². The zero-order chi connectivity index (χ0) is 15.2. The van der Waals surface area contributed by atoms with Crippen molar-refractivity contribution in [3.63, 3.8) is 0 Å². The molecule has 0 saturated carbocycles. The van der Waals surface area contributed by atoms with Crippen LogP contribution in [0.1, 0.15) is 17.5 Å². The fraction of sp³-hybridized carbons (Fsp3) is 0.500. The van der Waals surface area contributed by atoms with Crippen molar-refractivity contribution in [1.29, 1.82) is 5.26 Å². The van der Waals surface area contributed by atoms with Crippen molar-refractivity contribution in [2.45, 2.75) is 26.3 Å². The molecule has 0 radical (unpaired) electrons. The Hall–Kier alpha value is -2.06. The smallest absolute Gasteiger partial charge is 0.227 e. The van der Waals surface area contributed by atoms with Crippen LogP contribution in [0.2, 0.25) is 0 Å². The van der Waals surface area contributed by atoms with Crippen LogP contribution >= 0.6 is 0 Å². The molecule has 0 aliphatic carbocycles. The average molecular weight is 288 g/mol. The molecule has 1 aliphatic rings. The summed E-state index contributed by atoms with van der Waals surface area (Å²) in [5.41, 5.74) is 2.27. The molecular weight excluding hydrogens is 268 g/mol. The monoisotopic (exact) mass is 288 g/mol. The van der Waals surface area contributed by atoms with E-state index in [-0.39, 0.29) is 12.3 Å². The minimum Gasteiger partial charge on any atom is -0.493 e. The Morgan fingerprint density at radius 1 is 1.43 bits per heavy atom. The van der Waals surface area contributed by atoms with Crippen LogP contribution in [0, 0.1) is 25.2 Å². The molecule has 0 N–H and O–H groups in total. The van der Waals surface area contributed by atoms with Gasteiger partial charge in [0.2, 0.25) is 5.91 Å². The lowest BCUT2D eigenvalue weighted by Gasteiger charge is -2.31. The Kier molecular flexibility index (Phi) is 5.18. The molecule has 5 nitrogen and oxygen atoms in total. The molecule has 112 valence electrons. The summed E-state index contributed by atoms with van der Waals surface area (Å²) in [6, 6.07) is 7.59. The quantitative estimate of drug-likeness (QED) is 0.848. The number of amides is 1. The van der Waals surface area contributed by atoms with E-state index in [2.05, 4.69) is 12.1 Å². The summed E-state index contributed by atoms with van der Waals surface area (Å²) in [7, 11) is 0. The second kappa shape index (κ2) is 7.09. The van der Waals surface area contributed by atoms with Gasteiger partial charge < -0.3 is 14.4 Å². The second-order valence-corrected chi connectivity index (χ2v) is 5.23. The third kappa shape index (κ3) is 4.20. The number of ether oxygens (including phenoxy) is 2. The number of morpholine rings is 1. The van der Waals surface area contributed by atoms with Crippen LogP contribution in [-0.2, 0) is 9.53 Å². The molecule has 5 heteroatoms. The van der Waals surface area contributed by atoms with E-state index in [1.165, 1.54) is 0 Å². The number of carbonyl (C=O) groups excluding carboxylic acids is 1. The number of hydrogen-bond donors (Lipinski definition) is 0. The van der Waals surface area contributed by atoms with E-state index < -0.39 is 6.04 Å². The average Bonchev–Trinajstić information content (AvgIpc) is 2.46. The standard InChI is InChI=1S/C16H20N2O3/c1-12-7-13(2)9-15(8-12)21-5-3-16(19)18-4-6-20-11-14(18)10-17/h7-9,14H,3-6,11H2,1-2H3/t14-/m0/s1. The van der Waals surface area contributed by atoms with E-state index in [1.54, 1.807) is 4.90 Å². The topological polar surface area (TPSA) is 62.6 Å². The van der Waals surface area contributed by atoms with Crippen molar-refractivity contribution in [3.8, 4) is 11.8 Å². The molecule has 21 heavy (non-hydrogen) atoms. The highest BCUT2D eigenvalue weighted by molar-refractivity contribution is 5.77. The number of hydrogen-bond acceptors (Lipinski definition) is 4. The van der Waals surface area contributed by atoms with Crippen LogP contribution in [0.25, 0.3) is 0 Å². The normalized spacial score (nSPS) is 18.1. The summed E-state index contributed by atoms with van der Waals surface area (Å²) < 4.78 is 10.8. The highest BCUT2D eigenvalue weighted by atomic mass is 16.5. The van der Waals surface area contributed by atoms with Crippen molar-refractivity contribution in [2.75, 3.05) is 26.4 Å². The first kappa shape index (κ1) is 15.3. The second-order valence-electron chi connectivity index (χ2n) is 5.23. The number of benzene rings is 1. The van der Waals surface area contributed by atoms with Crippen molar-refractivity contribution >= 4 is 5.91 Å². The molecule has 1 aromatic carbocycles. The molecule has 1 heterocycles. The number of carbonyl (C=O) groups is 1. The lowest BCUT2D eigenvalue weighted by molar-refractivity contribution is -0.138. The van der Waals surface area contributed by atoms with Crippen molar-refractivity contribution < 1.29 is 14.3 Å². The summed E-state index contributed by atoms with van der Waals surface area (Å²) in [6.07, 6.45) is 0.269. The molecule has 0 unspecified atom stereocenters. The van der Waals surface area contributed by atoms with Gasteiger partial charge in [-0.25, -0.2) is 0 Å². The van der Waals surface area contributed by atoms with E-state index in [1.807, 2.05) is 26.0 Å². The minimum atomic E-state index is -0.479. The Bertz CT molecular complexity index is 531. The summed E-state index contributed by atoms with van der Waals surface area (Å²) >= 11 is 0. The maximum absolute atomic E-state index is 12.1. The van der Waals surface area contributed by atoms with Gasteiger partial charge in [-0.15, -0.1) is 0 Å². The van der Waals surface area contributed by atoms with Gasteiger partial charge in [0, 0.05) is 6.54 Å². The van der Waals surface area contributed by atoms with Gasteiger partial charge in [0.05, 0.1) is 32.3 Å². The Labute approximate surface area is 125 Å². The maximum Gasteiger partial charge on any atom is 0.227 e. The van der Waals surface area contributed by atoms with Gasteiger partial charge in [-0.1, -0.05) is 6.07 Å². The summed E-state index contributed by atoms with van der Waals surface area (Å²) in [5.74, 6) is 0.716. The van der Waals surface area contributed by atoms with E-state index in [4.69, 9.17) is 14.7 Å². The molecule has 0 bridgehead atoms. The van der Waals surface area contributed by atoms with Crippen LogP contribution in [0.3, 0.4) is 0 Å². The molecule has 1 aliphatic heterocycles. The SMILES string of the molecule is Cc1cc(C)cc(OCCC(=O)N2CCOC[C@@H]2C#N)c1. The third-order valence-electron chi connectivity index (χ3n) is 3.38. The molecule has 1 amide bonds. The summed E-state index contributed by atoms with van der Waals surface area (Å²) in [6.45, 7) is 5.59. The largest absolute Gasteiger partial charge is 0.493 e. The van der Waals surface area contributed by atoms with Gasteiger partial charge in [-0.05, 0) is 37.1 Å². The fourth-order valence-electron chi connectivity index (χ4n) is 2.43. The van der Waals surface area contributed by atoms with Crippen molar-refractivity contribution in [1.82, 2.24) is 4.90 Å². The maximum atomic E-state index is 12.1. The molecular formula is C16H20N2O3. The van der Waals surface area contributed by atoms with Gasteiger partial charge in [0.15, 0.2) is 0 Å². The van der Waals surface area contributed by atoms with Crippen LogP contribution < -0.4 is 4.74 Å². The first-order chi connectivity index (χ1) is 10.1. The van der Waals surface area contributed by atoms with Crippen LogP contribution in [0.4, 0.5) is 0 Å². The van der Waals surface area contributed by atoms with Crippen LogP contribution in [-0.4, -0.2) is 43.2 Å². The van der Waals surface area contributed by atoms with Gasteiger partial charge in [0.25, 0.3) is 0 Å². The molecule has 2 rings (SSSR count). The summed E-state index contributed by atoms with van der Waals surface area (Å²) in [4.78, 5) is 13.7. The third-order valence-corrected chi connectivity index (χ3v) is 3.38. The number of aryl methyl sites for hydroxylation is 2. The van der Waals surface area contributed by atoms with E-state index in [9.17, 15) is 4.79 Å². The van der Waals surface area contributed by atoms with E-state index >= 15 is 0 Å². The van der Waals surface area contributed by atoms with Crippen LogP contribution in [0.5, 0.6) is 5.75 Å². The Morgan fingerprint density at radius 2 is 2.14 bits per heavy atom. The first-order valence-corrected chi connectivity index (χ1v) is 7.08. The lowest BCUT2D eigenvalue weighted by atomic mass is 10.1. The van der Waals surface area contributed by atoms with E-state index in [0.29, 0.717) is 26.4 Å². The van der Waals surface area contributed by atoms with Crippen molar-refractivity contribution in [3.05, 3.63) is 29.3 Å². The zero-order valence-electron chi connectivity index (χ0n) is 12.5. The molecule has 1 fully saturated rings. The molecule has 0 spiro atoms. The predicted octanol–water partition coefficient (Wildman–Crippen LogP) is 1.82. The molecule has 0 aromatic heterocycles. The molecule has 1 saturated heterocycles. The van der Waals surface area contributed by atoms with Crippen LogP contribution in [0.15, 0.2) is 18.2 Å². The summed E-state index contributed by atoms with van der Waals surface area (Å²) in [5, 5.41) is 9.02. The molecule has 1 atom stereocenters. The number of nitrogens with zero attached hydrogens (tertiary/aromatic N) is 2. The predicted molar refractivity (Wildman–Crippen MR) is 78.0 cm³/mol. The van der Waals surface area contributed by atoms with Gasteiger partial charge in [-0.2, -0.15) is 5.26 Å². The minimum absolute atomic E-state index is 0.0609. The van der Waals surface area contributed by atoms with Crippen molar-refractivity contribution in [2.24, 2.45) is 0 Å². The number of rotatable bonds is 4. The van der Waals surface area contributed by atoms with Gasteiger partial charge >= 0.3 is 0 Å². The zero-order valence-corrected chi connectivity index (χ0v) is 12.5. The Morgan fingerprint density at radius 3 is 2.81 bits per heavy atom.